The second-order valence-electron chi connectivity index (χ2n) is 4.49. The van der Waals surface area contributed by atoms with Crippen molar-refractivity contribution < 1.29 is 9.53 Å². The molecule has 1 N–H and O–H groups in total. The van der Waals surface area contributed by atoms with Crippen molar-refractivity contribution in [2.45, 2.75) is 13.8 Å². The Labute approximate surface area is 141 Å². The molecular weight excluding hydrogens is 322 g/mol. The molecule has 0 fully saturated rings. The van der Waals surface area contributed by atoms with Gasteiger partial charge in [-0.2, -0.15) is 4.99 Å². The number of aliphatic imine (C=N–C) groups is 1. The van der Waals surface area contributed by atoms with Gasteiger partial charge in [0.15, 0.2) is 0 Å². The highest BCUT2D eigenvalue weighted by atomic mass is 35.5. The molecule has 22 heavy (non-hydrogen) atoms. The molecule has 0 aliphatic heterocycles. The van der Waals surface area contributed by atoms with E-state index in [0.717, 1.165) is 19.6 Å². The third-order valence-electron chi connectivity index (χ3n) is 3.29. The summed E-state index contributed by atoms with van der Waals surface area (Å²) < 4.78 is 5.23. The van der Waals surface area contributed by atoms with Gasteiger partial charge in [0, 0.05) is 19.2 Å². The van der Waals surface area contributed by atoms with Crippen LogP contribution in [0, 0.1) is 0 Å². The Morgan fingerprint density at radius 3 is 2.68 bits per heavy atom. The largest absolute Gasteiger partial charge is 0.496 e. The Bertz CT molecular complexity index is 570. The van der Waals surface area contributed by atoms with Crippen LogP contribution in [-0.2, 0) is 0 Å². The topological polar surface area (TPSA) is 53.9 Å². The number of likely N-dealkylation sites (N-methyl/N-ethyl adjacent to an activating group) is 1. The monoisotopic (exact) mass is 341 g/mol. The van der Waals surface area contributed by atoms with Gasteiger partial charge in [-0.1, -0.05) is 25.4 Å². The van der Waals surface area contributed by atoms with Crippen LogP contribution >= 0.6 is 23.8 Å². The summed E-state index contributed by atoms with van der Waals surface area (Å²) in [6.07, 6.45) is 0. The van der Waals surface area contributed by atoms with Crippen LogP contribution in [0.15, 0.2) is 17.1 Å². The van der Waals surface area contributed by atoms with Gasteiger partial charge in [-0.25, -0.2) is 0 Å². The highest BCUT2D eigenvalue weighted by molar-refractivity contribution is 7.78. The minimum Gasteiger partial charge on any atom is -0.496 e. The average Bonchev–Trinajstić information content (AvgIpc) is 2.53. The van der Waals surface area contributed by atoms with Crippen molar-refractivity contribution in [2.24, 2.45) is 4.99 Å². The summed E-state index contributed by atoms with van der Waals surface area (Å²) in [6.45, 7) is 7.42. The SMILES string of the molecule is CCN(CC)CCNC(=O)c1cc(Cl)c(N=C=S)cc1OC. The summed E-state index contributed by atoms with van der Waals surface area (Å²) in [5.74, 6) is 0.164. The van der Waals surface area contributed by atoms with Gasteiger partial charge >= 0.3 is 0 Å². The van der Waals surface area contributed by atoms with Gasteiger partial charge < -0.3 is 15.0 Å². The first kappa shape index (κ1) is 18.6. The van der Waals surface area contributed by atoms with Crippen LogP contribution in [0.5, 0.6) is 5.75 Å². The Hall–Kier alpha value is -1.46. The fourth-order valence-corrected chi connectivity index (χ4v) is 2.29. The standard InChI is InChI=1S/C15H20ClN3O2S/c1-4-19(5-2)7-6-17-15(20)11-8-12(16)13(18-10-22)9-14(11)21-3/h8-9H,4-7H2,1-3H3,(H,17,20). The zero-order chi connectivity index (χ0) is 16.5. The summed E-state index contributed by atoms with van der Waals surface area (Å²) in [4.78, 5) is 18.3. The maximum atomic E-state index is 12.3. The number of hydrogen-bond donors (Lipinski definition) is 1. The fourth-order valence-electron chi connectivity index (χ4n) is 1.99. The molecule has 0 aliphatic rings. The normalized spacial score (nSPS) is 10.2. The fraction of sp³-hybridized carbons (Fsp3) is 0.467. The van der Waals surface area contributed by atoms with E-state index in [-0.39, 0.29) is 5.91 Å². The molecule has 0 aromatic heterocycles. The lowest BCUT2D eigenvalue weighted by molar-refractivity contribution is 0.0946. The van der Waals surface area contributed by atoms with Crippen LogP contribution in [0.1, 0.15) is 24.2 Å². The van der Waals surface area contributed by atoms with Crippen LogP contribution < -0.4 is 10.1 Å². The second kappa shape index (κ2) is 9.54. The number of benzene rings is 1. The lowest BCUT2D eigenvalue weighted by atomic mass is 10.1. The minimum absolute atomic E-state index is 0.233. The number of ether oxygens (including phenoxy) is 1. The molecule has 0 spiro atoms. The van der Waals surface area contributed by atoms with Crippen molar-refractivity contribution in [3.63, 3.8) is 0 Å². The van der Waals surface area contributed by atoms with Gasteiger partial charge in [0.2, 0.25) is 0 Å². The summed E-state index contributed by atoms with van der Waals surface area (Å²) in [5.41, 5.74) is 0.795. The van der Waals surface area contributed by atoms with Crippen LogP contribution in [0.25, 0.3) is 0 Å². The summed E-state index contributed by atoms with van der Waals surface area (Å²) >= 11 is 10.6. The van der Waals surface area contributed by atoms with E-state index in [1.807, 2.05) is 0 Å². The molecule has 0 atom stereocenters. The number of nitrogens with one attached hydrogen (secondary N) is 1. The predicted octanol–water partition coefficient (Wildman–Crippen LogP) is 3.15. The molecule has 1 aromatic rings. The molecule has 1 aromatic carbocycles. The van der Waals surface area contributed by atoms with E-state index in [1.54, 1.807) is 6.07 Å². The predicted molar refractivity (Wildman–Crippen MR) is 92.8 cm³/mol. The molecule has 7 heteroatoms. The van der Waals surface area contributed by atoms with Gasteiger partial charge in [0.05, 0.1) is 28.5 Å². The highest BCUT2D eigenvalue weighted by Crippen LogP contribution is 2.32. The molecule has 120 valence electrons. The van der Waals surface area contributed by atoms with E-state index in [0.29, 0.717) is 28.6 Å². The molecule has 0 heterocycles. The van der Waals surface area contributed by atoms with Gasteiger partial charge in [-0.05, 0) is 31.4 Å². The third kappa shape index (κ3) is 5.07. The van der Waals surface area contributed by atoms with E-state index in [2.05, 4.69) is 46.4 Å². The number of nitrogens with zero attached hydrogens (tertiary/aromatic N) is 2. The van der Waals surface area contributed by atoms with Crippen molar-refractivity contribution in [1.29, 1.82) is 0 Å². The van der Waals surface area contributed by atoms with Crippen molar-refractivity contribution in [3.8, 4) is 5.75 Å². The van der Waals surface area contributed by atoms with Crippen LogP contribution in [-0.4, -0.2) is 49.3 Å². The first-order valence-corrected chi connectivity index (χ1v) is 7.81. The maximum Gasteiger partial charge on any atom is 0.255 e. The highest BCUT2D eigenvalue weighted by Gasteiger charge is 2.15. The zero-order valence-electron chi connectivity index (χ0n) is 13.0. The van der Waals surface area contributed by atoms with Crippen molar-refractivity contribution in [1.82, 2.24) is 10.2 Å². The average molecular weight is 342 g/mol. The lowest BCUT2D eigenvalue weighted by Gasteiger charge is -2.18. The molecule has 0 saturated heterocycles. The molecule has 1 rings (SSSR count). The van der Waals surface area contributed by atoms with Crippen molar-refractivity contribution in [2.75, 3.05) is 33.3 Å². The first-order valence-electron chi connectivity index (χ1n) is 7.03. The van der Waals surface area contributed by atoms with Crippen LogP contribution in [0.3, 0.4) is 0 Å². The molecule has 0 unspecified atom stereocenters. The minimum atomic E-state index is -0.233. The Morgan fingerprint density at radius 1 is 1.45 bits per heavy atom. The van der Waals surface area contributed by atoms with E-state index in [1.165, 1.54) is 13.2 Å². The quantitative estimate of drug-likeness (QED) is 0.583. The number of carbonyl (C=O) groups is 1. The van der Waals surface area contributed by atoms with E-state index < -0.39 is 0 Å². The van der Waals surface area contributed by atoms with Gasteiger partial charge in [0.1, 0.15) is 5.75 Å². The number of carbonyl (C=O) groups excluding carboxylic acids is 1. The number of methoxy groups -OCH3 is 1. The smallest absolute Gasteiger partial charge is 0.255 e. The molecule has 1 amide bonds. The van der Waals surface area contributed by atoms with Crippen LogP contribution in [0.4, 0.5) is 5.69 Å². The number of halogens is 1. The van der Waals surface area contributed by atoms with Gasteiger partial charge in [0.25, 0.3) is 5.91 Å². The van der Waals surface area contributed by atoms with Gasteiger partial charge in [-0.3, -0.25) is 4.79 Å². The number of amides is 1. The summed E-state index contributed by atoms with van der Waals surface area (Å²) in [6, 6.07) is 3.10. The number of thiocarbonyl (C=S) groups is 1. The van der Waals surface area contributed by atoms with Crippen molar-refractivity contribution in [3.05, 3.63) is 22.7 Å². The van der Waals surface area contributed by atoms with Crippen molar-refractivity contribution >= 4 is 40.6 Å². The molecule has 0 bridgehead atoms. The lowest BCUT2D eigenvalue weighted by Crippen LogP contribution is -2.34. The zero-order valence-corrected chi connectivity index (χ0v) is 14.6. The number of hydrogen-bond acceptors (Lipinski definition) is 5. The maximum absolute atomic E-state index is 12.3. The van der Waals surface area contributed by atoms with E-state index >= 15 is 0 Å². The van der Waals surface area contributed by atoms with E-state index in [4.69, 9.17) is 16.3 Å². The second-order valence-corrected chi connectivity index (χ2v) is 5.08. The molecule has 0 radical (unpaired) electrons. The van der Waals surface area contributed by atoms with E-state index in [9.17, 15) is 4.79 Å². The third-order valence-corrected chi connectivity index (χ3v) is 3.68. The number of isothiocyanates is 1. The van der Waals surface area contributed by atoms with Crippen LogP contribution in [0.2, 0.25) is 5.02 Å². The first-order chi connectivity index (χ1) is 10.6. The summed E-state index contributed by atoms with van der Waals surface area (Å²) in [7, 11) is 1.49. The number of rotatable bonds is 8. The van der Waals surface area contributed by atoms with Gasteiger partial charge in [-0.15, -0.1) is 0 Å². The molecule has 0 saturated carbocycles. The molecule has 0 aliphatic carbocycles. The summed E-state index contributed by atoms with van der Waals surface area (Å²) in [5, 5.41) is 5.44. The molecular formula is C15H20ClN3O2S. The Kier molecular flexibility index (Phi) is 8.06. The Morgan fingerprint density at radius 2 is 2.14 bits per heavy atom. The Balaban J connectivity index is 2.84. The molecule has 5 nitrogen and oxygen atoms in total.